The van der Waals surface area contributed by atoms with Crippen LogP contribution in [0.4, 0.5) is 10.5 Å². The van der Waals surface area contributed by atoms with Gasteiger partial charge in [0.2, 0.25) is 0 Å². The van der Waals surface area contributed by atoms with E-state index in [1.807, 2.05) is 47.4 Å². The number of nitrogens with zero attached hydrogens (tertiary/aromatic N) is 2. The first-order valence-electron chi connectivity index (χ1n) is 8.63. The lowest BCUT2D eigenvalue weighted by Crippen LogP contribution is -2.41. The highest BCUT2D eigenvalue weighted by Crippen LogP contribution is 2.21. The molecule has 1 saturated heterocycles. The molecular formula is C20H23N3O2. The van der Waals surface area contributed by atoms with Gasteiger partial charge in [-0.25, -0.2) is 4.79 Å². The molecule has 3 rings (SSSR count). The second-order valence-corrected chi connectivity index (χ2v) is 6.22. The molecule has 0 bridgehead atoms. The topological polar surface area (TPSA) is 66.6 Å². The Morgan fingerprint density at radius 1 is 0.960 bits per heavy atom. The molecule has 2 N–H and O–H groups in total. The molecule has 0 aliphatic carbocycles. The Morgan fingerprint density at radius 2 is 1.60 bits per heavy atom. The fourth-order valence-electron chi connectivity index (χ4n) is 3.05. The Morgan fingerprint density at radius 3 is 2.20 bits per heavy atom. The Bertz CT molecular complexity index is 722. The average molecular weight is 337 g/mol. The van der Waals surface area contributed by atoms with Gasteiger partial charge in [-0.2, -0.15) is 0 Å². The minimum atomic E-state index is -0.0837. The summed E-state index contributed by atoms with van der Waals surface area (Å²) in [6.07, 6.45) is 2.12. The summed E-state index contributed by atoms with van der Waals surface area (Å²) in [6, 6.07) is 17.0. The summed E-state index contributed by atoms with van der Waals surface area (Å²) < 4.78 is 0. The highest BCUT2D eigenvalue weighted by Gasteiger charge is 2.25. The van der Waals surface area contributed by atoms with E-state index in [0.29, 0.717) is 12.1 Å². The smallest absolute Gasteiger partial charge is 0.324 e. The fraction of sp³-hybridized carbons (Fsp3) is 0.300. The molecule has 0 radical (unpaired) electrons. The number of anilines is 1. The van der Waals surface area contributed by atoms with Gasteiger partial charge in [-0.15, -0.1) is 0 Å². The lowest BCUT2D eigenvalue weighted by Gasteiger charge is -2.28. The van der Waals surface area contributed by atoms with E-state index in [4.69, 9.17) is 5.73 Å². The molecule has 2 amide bonds. The molecule has 0 saturated carbocycles. The minimum Gasteiger partial charge on any atom is -0.324 e. The molecule has 5 nitrogen and oxygen atoms in total. The predicted molar refractivity (Wildman–Crippen MR) is 98.7 cm³/mol. The zero-order valence-electron chi connectivity index (χ0n) is 14.2. The summed E-state index contributed by atoms with van der Waals surface area (Å²) in [5.41, 5.74) is 7.85. The summed E-state index contributed by atoms with van der Waals surface area (Å²) in [4.78, 5) is 28.3. The molecule has 25 heavy (non-hydrogen) atoms. The van der Waals surface area contributed by atoms with Gasteiger partial charge >= 0.3 is 6.03 Å². The van der Waals surface area contributed by atoms with Crippen molar-refractivity contribution in [2.45, 2.75) is 19.4 Å². The van der Waals surface area contributed by atoms with Gasteiger partial charge < -0.3 is 10.6 Å². The summed E-state index contributed by atoms with van der Waals surface area (Å²) in [5, 5.41) is 0. The Kier molecular flexibility index (Phi) is 5.46. The molecule has 5 heteroatoms. The molecule has 1 aliphatic rings. The first-order valence-corrected chi connectivity index (χ1v) is 8.63. The maximum atomic E-state index is 13.0. The standard InChI is InChI=1S/C20H23N3O2/c21-14-19(24)17-10-8-16(9-11-17)15-23(18-6-2-1-3-7-18)20(25)22-12-4-5-13-22/h1-3,6-11H,4-5,12-15,21H2. The average Bonchev–Trinajstić information content (AvgIpc) is 3.21. The van der Waals surface area contributed by atoms with Crippen LogP contribution in [0.3, 0.4) is 0 Å². The van der Waals surface area contributed by atoms with Gasteiger partial charge in [0, 0.05) is 24.3 Å². The van der Waals surface area contributed by atoms with Crippen LogP contribution in [-0.4, -0.2) is 36.3 Å². The Balaban J connectivity index is 1.82. The first kappa shape index (κ1) is 17.2. The van der Waals surface area contributed by atoms with Crippen LogP contribution in [0, 0.1) is 0 Å². The number of amides is 2. The van der Waals surface area contributed by atoms with E-state index < -0.39 is 0 Å². The zero-order valence-corrected chi connectivity index (χ0v) is 14.2. The lowest BCUT2D eigenvalue weighted by atomic mass is 10.1. The van der Waals surface area contributed by atoms with E-state index in [-0.39, 0.29) is 18.4 Å². The molecule has 2 aromatic carbocycles. The van der Waals surface area contributed by atoms with Gasteiger partial charge in [0.1, 0.15) is 0 Å². The number of carbonyl (C=O) groups excluding carboxylic acids is 2. The van der Waals surface area contributed by atoms with E-state index in [0.717, 1.165) is 37.2 Å². The van der Waals surface area contributed by atoms with Crippen molar-refractivity contribution in [3.63, 3.8) is 0 Å². The third-order valence-electron chi connectivity index (χ3n) is 4.48. The number of ketones is 1. The summed E-state index contributed by atoms with van der Waals surface area (Å²) >= 11 is 0. The second kappa shape index (κ2) is 7.94. The van der Waals surface area contributed by atoms with Crippen LogP contribution >= 0.6 is 0 Å². The highest BCUT2D eigenvalue weighted by molar-refractivity contribution is 5.97. The number of para-hydroxylation sites is 1. The van der Waals surface area contributed by atoms with Crippen molar-refractivity contribution >= 4 is 17.5 Å². The molecular weight excluding hydrogens is 314 g/mol. The van der Waals surface area contributed by atoms with E-state index in [2.05, 4.69) is 0 Å². The van der Waals surface area contributed by atoms with Crippen LogP contribution in [0.5, 0.6) is 0 Å². The molecule has 0 aromatic heterocycles. The maximum absolute atomic E-state index is 13.0. The van der Waals surface area contributed by atoms with Gasteiger partial charge in [-0.1, -0.05) is 42.5 Å². The fourth-order valence-corrected chi connectivity index (χ4v) is 3.05. The van der Waals surface area contributed by atoms with Crippen molar-refractivity contribution < 1.29 is 9.59 Å². The normalized spacial score (nSPS) is 13.7. The third-order valence-corrected chi connectivity index (χ3v) is 4.48. The van der Waals surface area contributed by atoms with E-state index in [1.165, 1.54) is 0 Å². The monoisotopic (exact) mass is 337 g/mol. The summed E-state index contributed by atoms with van der Waals surface area (Å²) in [5.74, 6) is -0.0837. The predicted octanol–water partition coefficient (Wildman–Crippen LogP) is 3.05. The third kappa shape index (κ3) is 4.06. The van der Waals surface area contributed by atoms with Crippen LogP contribution < -0.4 is 10.6 Å². The molecule has 1 fully saturated rings. The number of hydrogen-bond donors (Lipinski definition) is 1. The largest absolute Gasteiger partial charge is 0.324 e. The number of benzene rings is 2. The first-order chi connectivity index (χ1) is 12.2. The van der Waals surface area contributed by atoms with Gasteiger partial charge in [-0.05, 0) is 30.5 Å². The van der Waals surface area contributed by atoms with Crippen LogP contribution in [-0.2, 0) is 6.54 Å². The van der Waals surface area contributed by atoms with Gasteiger partial charge in [0.25, 0.3) is 0 Å². The number of nitrogens with two attached hydrogens (primary N) is 1. The van der Waals surface area contributed by atoms with Crippen molar-refractivity contribution in [2.75, 3.05) is 24.5 Å². The van der Waals surface area contributed by atoms with E-state index in [9.17, 15) is 9.59 Å². The van der Waals surface area contributed by atoms with Crippen molar-refractivity contribution in [2.24, 2.45) is 5.73 Å². The molecule has 0 unspecified atom stereocenters. The number of rotatable bonds is 5. The van der Waals surface area contributed by atoms with Crippen molar-refractivity contribution in [3.8, 4) is 0 Å². The zero-order chi connectivity index (χ0) is 17.6. The van der Waals surface area contributed by atoms with Gasteiger partial charge in [0.05, 0.1) is 13.1 Å². The highest BCUT2D eigenvalue weighted by atomic mass is 16.2. The maximum Gasteiger partial charge on any atom is 0.324 e. The van der Waals surface area contributed by atoms with Crippen LogP contribution in [0.1, 0.15) is 28.8 Å². The summed E-state index contributed by atoms with van der Waals surface area (Å²) in [6.45, 7) is 2.09. The number of urea groups is 1. The Hall–Kier alpha value is -2.66. The van der Waals surface area contributed by atoms with Crippen LogP contribution in [0.25, 0.3) is 0 Å². The molecule has 2 aromatic rings. The van der Waals surface area contributed by atoms with Crippen LogP contribution in [0.2, 0.25) is 0 Å². The second-order valence-electron chi connectivity index (χ2n) is 6.22. The van der Waals surface area contributed by atoms with Crippen molar-refractivity contribution in [1.29, 1.82) is 0 Å². The van der Waals surface area contributed by atoms with Crippen LogP contribution in [0.15, 0.2) is 54.6 Å². The van der Waals surface area contributed by atoms with Gasteiger partial charge in [0.15, 0.2) is 5.78 Å². The Labute approximate surface area is 148 Å². The van der Waals surface area contributed by atoms with E-state index in [1.54, 1.807) is 17.0 Å². The molecule has 130 valence electrons. The molecule has 0 atom stereocenters. The quantitative estimate of drug-likeness (QED) is 0.853. The number of carbonyl (C=O) groups is 2. The van der Waals surface area contributed by atoms with Gasteiger partial charge in [-0.3, -0.25) is 9.69 Å². The number of hydrogen-bond acceptors (Lipinski definition) is 3. The number of Topliss-reactive ketones (excluding diaryl/α,β-unsaturated/α-hetero) is 1. The molecule has 1 heterocycles. The summed E-state index contributed by atoms with van der Waals surface area (Å²) in [7, 11) is 0. The number of likely N-dealkylation sites (tertiary alicyclic amines) is 1. The van der Waals surface area contributed by atoms with E-state index >= 15 is 0 Å². The molecule has 1 aliphatic heterocycles. The van der Waals surface area contributed by atoms with Crippen molar-refractivity contribution in [3.05, 3.63) is 65.7 Å². The lowest BCUT2D eigenvalue weighted by molar-refractivity contribution is 0.100. The molecule has 0 spiro atoms. The SMILES string of the molecule is NCC(=O)c1ccc(CN(C(=O)N2CCCC2)c2ccccc2)cc1. The minimum absolute atomic E-state index is 0.00291. The van der Waals surface area contributed by atoms with Crippen molar-refractivity contribution in [1.82, 2.24) is 4.90 Å².